The quantitative estimate of drug-likeness (QED) is 0.840. The monoisotopic (exact) mass is 318 g/mol. The van der Waals surface area contributed by atoms with E-state index in [1.54, 1.807) is 4.90 Å². The van der Waals surface area contributed by atoms with Gasteiger partial charge in [-0.25, -0.2) is 0 Å². The number of hydrogen-bond donors (Lipinski definition) is 2. The first-order valence-corrected chi connectivity index (χ1v) is 7.98. The first-order chi connectivity index (χ1) is 11.0. The van der Waals surface area contributed by atoms with Crippen LogP contribution >= 0.6 is 0 Å². The van der Waals surface area contributed by atoms with Gasteiger partial charge in [0.15, 0.2) is 0 Å². The average molecular weight is 318 g/mol. The Bertz CT molecular complexity index is 631. The number of β-amino-alcohol motifs (C(OH)–C–C–N with tert-alkyl or cyclic N) is 1. The van der Waals surface area contributed by atoms with Crippen molar-refractivity contribution >= 4 is 11.8 Å². The van der Waals surface area contributed by atoms with Gasteiger partial charge < -0.3 is 20.5 Å². The number of primary amides is 1. The van der Waals surface area contributed by atoms with Crippen LogP contribution in [-0.4, -0.2) is 47.1 Å². The average Bonchev–Trinajstić information content (AvgIpc) is 2.93. The SMILES string of the molecule is NC(=O)CC1(O)CCCN(C(=O)Cc2ccc3c(c2)CCO3)C1. The fraction of sp³-hybridized carbons (Fsp3) is 0.529. The van der Waals surface area contributed by atoms with Gasteiger partial charge in [-0.3, -0.25) is 9.59 Å². The van der Waals surface area contributed by atoms with Crippen LogP contribution in [0.25, 0.3) is 0 Å². The second-order valence-corrected chi connectivity index (χ2v) is 6.50. The number of likely N-dealkylation sites (tertiary alicyclic amines) is 1. The lowest BCUT2D eigenvalue weighted by atomic mass is 9.89. The zero-order valence-electron chi connectivity index (χ0n) is 13.1. The van der Waals surface area contributed by atoms with Gasteiger partial charge in [0, 0.05) is 19.5 Å². The fourth-order valence-corrected chi connectivity index (χ4v) is 3.43. The van der Waals surface area contributed by atoms with Gasteiger partial charge in [-0.1, -0.05) is 12.1 Å². The van der Waals surface area contributed by atoms with E-state index in [0.29, 0.717) is 32.4 Å². The molecule has 1 unspecified atom stereocenters. The van der Waals surface area contributed by atoms with Gasteiger partial charge in [0.2, 0.25) is 11.8 Å². The van der Waals surface area contributed by atoms with Crippen molar-refractivity contribution in [1.82, 2.24) is 4.90 Å². The molecule has 6 heteroatoms. The number of rotatable bonds is 4. The van der Waals surface area contributed by atoms with Crippen molar-refractivity contribution in [3.8, 4) is 5.75 Å². The number of piperidine rings is 1. The maximum absolute atomic E-state index is 12.5. The largest absolute Gasteiger partial charge is 0.493 e. The Labute approximate surface area is 135 Å². The molecule has 124 valence electrons. The summed E-state index contributed by atoms with van der Waals surface area (Å²) >= 11 is 0. The molecule has 2 heterocycles. The summed E-state index contributed by atoms with van der Waals surface area (Å²) in [5.74, 6) is 0.321. The van der Waals surface area contributed by atoms with Gasteiger partial charge in [-0.15, -0.1) is 0 Å². The molecule has 3 rings (SSSR count). The fourth-order valence-electron chi connectivity index (χ4n) is 3.43. The van der Waals surface area contributed by atoms with Gasteiger partial charge in [-0.05, 0) is 30.0 Å². The van der Waals surface area contributed by atoms with E-state index in [1.807, 2.05) is 18.2 Å². The maximum Gasteiger partial charge on any atom is 0.227 e. The molecule has 0 spiro atoms. The molecule has 6 nitrogen and oxygen atoms in total. The number of fused-ring (bicyclic) bond motifs is 1. The number of aliphatic hydroxyl groups is 1. The minimum absolute atomic E-state index is 0.0357. The predicted octanol–water partition coefficient (Wildman–Crippen LogP) is 0.393. The molecule has 2 aliphatic rings. The highest BCUT2D eigenvalue weighted by Crippen LogP contribution is 2.27. The normalized spacial score (nSPS) is 23.3. The van der Waals surface area contributed by atoms with Gasteiger partial charge >= 0.3 is 0 Å². The standard InChI is InChI=1S/C17H22N2O4/c18-15(20)10-17(22)5-1-6-19(11-17)16(21)9-12-2-3-14-13(8-12)4-7-23-14/h2-3,8,22H,1,4-7,9-11H2,(H2,18,20). The molecule has 1 atom stereocenters. The van der Waals surface area contributed by atoms with Crippen LogP contribution in [0.2, 0.25) is 0 Å². The molecule has 0 bridgehead atoms. The van der Waals surface area contributed by atoms with Crippen molar-refractivity contribution in [2.75, 3.05) is 19.7 Å². The Morgan fingerprint density at radius 2 is 2.22 bits per heavy atom. The highest BCUT2D eigenvalue weighted by atomic mass is 16.5. The number of hydrogen-bond acceptors (Lipinski definition) is 4. The summed E-state index contributed by atoms with van der Waals surface area (Å²) < 4.78 is 5.47. The van der Waals surface area contributed by atoms with E-state index in [-0.39, 0.29) is 18.9 Å². The molecule has 2 amide bonds. The minimum atomic E-state index is -1.19. The third kappa shape index (κ3) is 3.64. The molecular formula is C17H22N2O4. The molecule has 23 heavy (non-hydrogen) atoms. The van der Waals surface area contributed by atoms with Crippen molar-refractivity contribution in [3.05, 3.63) is 29.3 Å². The lowest BCUT2D eigenvalue weighted by molar-refractivity contribution is -0.141. The van der Waals surface area contributed by atoms with E-state index in [0.717, 1.165) is 23.3 Å². The maximum atomic E-state index is 12.5. The Morgan fingerprint density at radius 1 is 1.39 bits per heavy atom. The lowest BCUT2D eigenvalue weighted by Gasteiger charge is -2.38. The zero-order valence-corrected chi connectivity index (χ0v) is 13.1. The van der Waals surface area contributed by atoms with E-state index in [1.165, 1.54) is 0 Å². The molecule has 0 radical (unpaired) electrons. The molecule has 2 aliphatic heterocycles. The van der Waals surface area contributed by atoms with Crippen molar-refractivity contribution in [3.63, 3.8) is 0 Å². The molecule has 1 fully saturated rings. The Balaban J connectivity index is 1.64. The van der Waals surface area contributed by atoms with Crippen LogP contribution in [0.5, 0.6) is 5.75 Å². The van der Waals surface area contributed by atoms with Gasteiger partial charge in [0.25, 0.3) is 0 Å². The summed E-state index contributed by atoms with van der Waals surface area (Å²) in [4.78, 5) is 25.2. The molecule has 0 saturated carbocycles. The van der Waals surface area contributed by atoms with Crippen LogP contribution in [0.3, 0.4) is 0 Å². The van der Waals surface area contributed by atoms with Crippen LogP contribution < -0.4 is 10.5 Å². The summed E-state index contributed by atoms with van der Waals surface area (Å²) in [5, 5.41) is 10.4. The smallest absolute Gasteiger partial charge is 0.227 e. The number of carbonyl (C=O) groups is 2. The van der Waals surface area contributed by atoms with Crippen molar-refractivity contribution < 1.29 is 19.4 Å². The zero-order chi connectivity index (χ0) is 16.4. The summed E-state index contributed by atoms with van der Waals surface area (Å²) in [6.45, 7) is 1.47. The van der Waals surface area contributed by atoms with Crippen LogP contribution in [0.4, 0.5) is 0 Å². The minimum Gasteiger partial charge on any atom is -0.493 e. The highest BCUT2D eigenvalue weighted by Gasteiger charge is 2.36. The third-order valence-corrected chi connectivity index (χ3v) is 4.52. The molecule has 1 aromatic rings. The van der Waals surface area contributed by atoms with Crippen LogP contribution in [0.15, 0.2) is 18.2 Å². The highest BCUT2D eigenvalue weighted by molar-refractivity contribution is 5.79. The van der Waals surface area contributed by atoms with Crippen molar-refractivity contribution in [1.29, 1.82) is 0 Å². The number of carbonyl (C=O) groups excluding carboxylic acids is 2. The summed E-state index contributed by atoms with van der Waals surface area (Å²) in [6.07, 6.45) is 2.23. The van der Waals surface area contributed by atoms with Crippen LogP contribution in [0.1, 0.15) is 30.4 Å². The Hall–Kier alpha value is -2.08. The van der Waals surface area contributed by atoms with E-state index < -0.39 is 11.5 Å². The van der Waals surface area contributed by atoms with Gasteiger partial charge in [0.1, 0.15) is 5.75 Å². The topological polar surface area (TPSA) is 92.9 Å². The van der Waals surface area contributed by atoms with Crippen LogP contribution in [-0.2, 0) is 22.4 Å². The number of ether oxygens (including phenoxy) is 1. The Morgan fingerprint density at radius 3 is 3.00 bits per heavy atom. The molecule has 0 aromatic heterocycles. The summed E-state index contributed by atoms with van der Waals surface area (Å²) in [5.41, 5.74) is 6.09. The number of nitrogens with two attached hydrogens (primary N) is 1. The Kier molecular flexibility index (Phi) is 4.26. The number of amides is 2. The second kappa shape index (κ2) is 6.20. The molecule has 0 aliphatic carbocycles. The third-order valence-electron chi connectivity index (χ3n) is 4.52. The van der Waals surface area contributed by atoms with E-state index in [4.69, 9.17) is 10.5 Å². The molecule has 3 N–H and O–H groups in total. The number of nitrogens with zero attached hydrogens (tertiary/aromatic N) is 1. The van der Waals surface area contributed by atoms with Gasteiger partial charge in [-0.2, -0.15) is 0 Å². The second-order valence-electron chi connectivity index (χ2n) is 6.50. The van der Waals surface area contributed by atoms with E-state index in [9.17, 15) is 14.7 Å². The summed E-state index contributed by atoms with van der Waals surface area (Å²) in [7, 11) is 0. The van der Waals surface area contributed by atoms with Crippen molar-refractivity contribution in [2.45, 2.75) is 37.7 Å². The van der Waals surface area contributed by atoms with Crippen molar-refractivity contribution in [2.24, 2.45) is 5.73 Å². The lowest BCUT2D eigenvalue weighted by Crippen LogP contribution is -2.52. The predicted molar refractivity (Wildman–Crippen MR) is 83.9 cm³/mol. The van der Waals surface area contributed by atoms with Gasteiger partial charge in [0.05, 0.1) is 25.0 Å². The number of benzene rings is 1. The molecule has 1 saturated heterocycles. The first-order valence-electron chi connectivity index (χ1n) is 7.98. The first kappa shape index (κ1) is 15.8. The van der Waals surface area contributed by atoms with E-state index >= 15 is 0 Å². The van der Waals surface area contributed by atoms with E-state index in [2.05, 4.69) is 0 Å². The molecular weight excluding hydrogens is 296 g/mol. The molecule has 1 aromatic carbocycles. The van der Waals surface area contributed by atoms with Crippen LogP contribution in [0, 0.1) is 0 Å². The summed E-state index contributed by atoms with van der Waals surface area (Å²) in [6, 6.07) is 5.83.